The molecule has 0 aromatic heterocycles. The lowest BCUT2D eigenvalue weighted by Gasteiger charge is -2.42. The zero-order valence-electron chi connectivity index (χ0n) is 16.5. The first-order valence-corrected chi connectivity index (χ1v) is 9.64. The molecule has 0 radical (unpaired) electrons. The second-order valence-corrected chi connectivity index (χ2v) is 7.55. The van der Waals surface area contributed by atoms with Crippen molar-refractivity contribution in [1.29, 1.82) is 0 Å². The number of halogens is 1. The molecule has 5 heteroatoms. The smallest absolute Gasteiger partial charge is 0.140 e. The lowest BCUT2D eigenvalue weighted by atomic mass is 9.88. The molecular formula is C22H27ClN2O2. The number of ether oxygens (including phenoxy) is 2. The van der Waals surface area contributed by atoms with Gasteiger partial charge in [0, 0.05) is 13.6 Å². The van der Waals surface area contributed by atoms with Gasteiger partial charge in [0.05, 0.1) is 36.9 Å². The van der Waals surface area contributed by atoms with Gasteiger partial charge in [0.15, 0.2) is 0 Å². The minimum Gasteiger partial charge on any atom is -0.375 e. The Kier molecular flexibility index (Phi) is 6.20. The van der Waals surface area contributed by atoms with Crippen molar-refractivity contribution >= 4 is 23.6 Å². The van der Waals surface area contributed by atoms with Crippen LogP contribution in [0.3, 0.4) is 0 Å². The van der Waals surface area contributed by atoms with Crippen molar-refractivity contribution in [1.82, 2.24) is 4.90 Å². The summed E-state index contributed by atoms with van der Waals surface area (Å²) in [7, 11) is 1.98. The number of hydrogen-bond acceptors (Lipinski definition) is 3. The van der Waals surface area contributed by atoms with Gasteiger partial charge in [-0.1, -0.05) is 35.9 Å². The Hall–Kier alpha value is -1.88. The molecule has 0 spiro atoms. The Bertz CT molecular complexity index is 831. The van der Waals surface area contributed by atoms with E-state index in [0.29, 0.717) is 24.8 Å². The molecule has 1 saturated heterocycles. The molecule has 27 heavy (non-hydrogen) atoms. The molecule has 0 saturated carbocycles. The summed E-state index contributed by atoms with van der Waals surface area (Å²) in [5.41, 5.74) is 4.93. The molecule has 1 aliphatic heterocycles. The average molecular weight is 387 g/mol. The first-order chi connectivity index (χ1) is 12.9. The number of aliphatic imine (C=N–C) groups is 1. The van der Waals surface area contributed by atoms with Crippen molar-refractivity contribution < 1.29 is 9.47 Å². The Balaban J connectivity index is 1.83. The van der Waals surface area contributed by atoms with Gasteiger partial charge >= 0.3 is 0 Å². The fraction of sp³-hybridized carbons (Fsp3) is 0.409. The maximum atomic E-state index is 6.53. The van der Waals surface area contributed by atoms with E-state index in [1.165, 1.54) is 11.1 Å². The van der Waals surface area contributed by atoms with Gasteiger partial charge in [0.25, 0.3) is 0 Å². The second-order valence-electron chi connectivity index (χ2n) is 7.14. The van der Waals surface area contributed by atoms with Crippen molar-refractivity contribution in [2.24, 2.45) is 4.99 Å². The van der Waals surface area contributed by atoms with E-state index in [0.717, 1.165) is 23.4 Å². The predicted octanol–water partition coefficient (Wildman–Crippen LogP) is 5.01. The van der Waals surface area contributed by atoms with Gasteiger partial charge in [0.2, 0.25) is 0 Å². The molecule has 0 bridgehead atoms. The van der Waals surface area contributed by atoms with Gasteiger partial charge in [0.1, 0.15) is 5.60 Å². The van der Waals surface area contributed by atoms with Crippen molar-refractivity contribution in [3.05, 3.63) is 63.7 Å². The molecule has 144 valence electrons. The van der Waals surface area contributed by atoms with E-state index >= 15 is 0 Å². The molecule has 1 heterocycles. The first-order valence-electron chi connectivity index (χ1n) is 9.26. The van der Waals surface area contributed by atoms with E-state index < -0.39 is 5.60 Å². The molecule has 3 rings (SSSR count). The molecule has 0 atom stereocenters. The van der Waals surface area contributed by atoms with Crippen LogP contribution < -0.4 is 0 Å². The highest BCUT2D eigenvalue weighted by atomic mass is 35.5. The third-order valence-electron chi connectivity index (χ3n) is 5.11. The molecule has 0 aliphatic carbocycles. The fourth-order valence-electron chi connectivity index (χ4n) is 3.09. The number of hydrogen-bond donors (Lipinski definition) is 0. The summed E-state index contributed by atoms with van der Waals surface area (Å²) in [6, 6.07) is 12.3. The van der Waals surface area contributed by atoms with Crippen LogP contribution in [0, 0.1) is 13.8 Å². The molecule has 0 unspecified atom stereocenters. The highest BCUT2D eigenvalue weighted by molar-refractivity contribution is 6.33. The maximum Gasteiger partial charge on any atom is 0.140 e. The van der Waals surface area contributed by atoms with Crippen LogP contribution in [-0.4, -0.2) is 38.0 Å². The molecule has 0 amide bonds. The zero-order valence-corrected chi connectivity index (χ0v) is 17.2. The number of benzene rings is 2. The quantitative estimate of drug-likeness (QED) is 0.495. The molecule has 2 aromatic carbocycles. The lowest BCUT2D eigenvalue weighted by molar-refractivity contribution is -0.223. The first kappa shape index (κ1) is 19.9. The summed E-state index contributed by atoms with van der Waals surface area (Å²) in [5.74, 6) is 0. The predicted molar refractivity (Wildman–Crippen MR) is 111 cm³/mol. The van der Waals surface area contributed by atoms with Crippen LogP contribution in [0.25, 0.3) is 0 Å². The summed E-state index contributed by atoms with van der Waals surface area (Å²) < 4.78 is 11.9. The third kappa shape index (κ3) is 4.34. The van der Waals surface area contributed by atoms with Crippen LogP contribution in [-0.2, 0) is 21.7 Å². The number of aryl methyl sites for hydroxylation is 2. The van der Waals surface area contributed by atoms with Gasteiger partial charge < -0.3 is 14.4 Å². The summed E-state index contributed by atoms with van der Waals surface area (Å²) in [4.78, 5) is 6.51. The van der Waals surface area contributed by atoms with Gasteiger partial charge in [-0.3, -0.25) is 0 Å². The number of nitrogens with zero attached hydrogens (tertiary/aromatic N) is 2. The zero-order chi connectivity index (χ0) is 19.4. The fourth-order valence-corrected chi connectivity index (χ4v) is 3.30. The Morgan fingerprint density at radius 3 is 2.59 bits per heavy atom. The molecular weight excluding hydrogens is 360 g/mol. The van der Waals surface area contributed by atoms with Crippen LogP contribution in [0.1, 0.15) is 29.2 Å². The van der Waals surface area contributed by atoms with Gasteiger partial charge in [-0.25, -0.2) is 4.99 Å². The number of rotatable bonds is 7. The molecule has 4 nitrogen and oxygen atoms in total. The van der Waals surface area contributed by atoms with E-state index in [9.17, 15) is 0 Å². The topological polar surface area (TPSA) is 34.1 Å². The highest BCUT2D eigenvalue weighted by Crippen LogP contribution is 2.40. The summed E-state index contributed by atoms with van der Waals surface area (Å²) in [6.07, 6.45) is 1.80. The molecule has 1 fully saturated rings. The van der Waals surface area contributed by atoms with Crippen LogP contribution in [0.4, 0.5) is 5.69 Å². The lowest BCUT2D eigenvalue weighted by Crippen LogP contribution is -2.49. The van der Waals surface area contributed by atoms with Crippen LogP contribution in [0.5, 0.6) is 0 Å². The van der Waals surface area contributed by atoms with E-state index in [-0.39, 0.29) is 0 Å². The highest BCUT2D eigenvalue weighted by Gasteiger charge is 2.43. The van der Waals surface area contributed by atoms with Crippen molar-refractivity contribution in [2.75, 3.05) is 26.8 Å². The second kappa shape index (κ2) is 8.42. The van der Waals surface area contributed by atoms with Crippen molar-refractivity contribution in [3.63, 3.8) is 0 Å². The molecule has 0 N–H and O–H groups in total. The minimum atomic E-state index is -0.446. The van der Waals surface area contributed by atoms with Gasteiger partial charge in [-0.05, 0) is 55.2 Å². The van der Waals surface area contributed by atoms with Gasteiger partial charge in [-0.2, -0.15) is 0 Å². The Morgan fingerprint density at radius 2 is 1.96 bits per heavy atom. The molecule has 2 aromatic rings. The van der Waals surface area contributed by atoms with Gasteiger partial charge in [-0.15, -0.1) is 0 Å². The monoisotopic (exact) mass is 386 g/mol. The standard InChI is InChI=1S/C22H27ClN2O2/c1-5-25(4)15-24-21-10-17(3)19(11-20(21)23)22(13-26-14-22)27-12-18-9-7-6-8-16(18)2/h6-11,15H,5,12-14H2,1-4H3. The molecule has 1 aliphatic rings. The maximum absolute atomic E-state index is 6.53. The average Bonchev–Trinajstić information content (AvgIpc) is 2.63. The minimum absolute atomic E-state index is 0.446. The van der Waals surface area contributed by atoms with E-state index in [4.69, 9.17) is 21.1 Å². The summed E-state index contributed by atoms with van der Waals surface area (Å²) in [6.45, 7) is 8.78. The van der Waals surface area contributed by atoms with Crippen LogP contribution >= 0.6 is 11.6 Å². The summed E-state index contributed by atoms with van der Waals surface area (Å²) >= 11 is 6.53. The Labute approximate surface area is 166 Å². The SMILES string of the molecule is CCN(C)C=Nc1cc(C)c(C2(OCc3ccccc3C)COC2)cc1Cl. The normalized spacial score (nSPS) is 15.7. The van der Waals surface area contributed by atoms with E-state index in [1.807, 2.05) is 36.2 Å². The largest absolute Gasteiger partial charge is 0.375 e. The van der Waals surface area contributed by atoms with Crippen molar-refractivity contribution in [3.8, 4) is 0 Å². The Morgan fingerprint density at radius 1 is 1.22 bits per heavy atom. The van der Waals surface area contributed by atoms with E-state index in [2.05, 4.69) is 37.9 Å². The van der Waals surface area contributed by atoms with Crippen LogP contribution in [0.2, 0.25) is 5.02 Å². The van der Waals surface area contributed by atoms with Crippen LogP contribution in [0.15, 0.2) is 41.4 Å². The third-order valence-corrected chi connectivity index (χ3v) is 5.42. The van der Waals surface area contributed by atoms with E-state index in [1.54, 1.807) is 6.34 Å². The summed E-state index contributed by atoms with van der Waals surface area (Å²) in [5, 5.41) is 0.627. The van der Waals surface area contributed by atoms with Crippen molar-refractivity contribution in [2.45, 2.75) is 33.0 Å².